The Morgan fingerprint density at radius 2 is 1.85 bits per heavy atom. The third-order valence-corrected chi connectivity index (χ3v) is 8.37. The second-order valence-electron chi connectivity index (χ2n) is 10.6. The maximum Gasteiger partial charge on any atom is 0.319 e. The van der Waals surface area contributed by atoms with E-state index in [1.165, 1.54) is 26.5 Å². The molecule has 2 aromatic rings. The Morgan fingerprint density at radius 1 is 1.15 bits per heavy atom. The molecule has 1 fully saturated rings. The molecule has 13 heteroatoms. The van der Waals surface area contributed by atoms with Gasteiger partial charge in [-0.1, -0.05) is 6.07 Å². The number of amides is 1. The van der Waals surface area contributed by atoms with Crippen LogP contribution in [0.2, 0.25) is 0 Å². The lowest BCUT2D eigenvalue weighted by molar-refractivity contribution is -0.178. The number of aromatic hydroxyl groups is 1. The second-order valence-corrected chi connectivity index (χ2v) is 10.6. The zero-order chi connectivity index (χ0) is 29.3. The molecule has 0 radical (unpaired) electrons. The number of phenols is 1. The van der Waals surface area contributed by atoms with Crippen LogP contribution in [0.25, 0.3) is 11.1 Å². The number of carbonyl (C=O) groups excluding carboxylic acids is 3. The fraction of sp³-hybridized carbons (Fsp3) is 0.444. The number of Topliss-reactive ketones (excluding diaryl/α,β-unsaturated/α-hetero) is 2. The van der Waals surface area contributed by atoms with Gasteiger partial charge < -0.3 is 40.5 Å². The number of rotatable bonds is 5. The summed E-state index contributed by atoms with van der Waals surface area (Å²) >= 11 is 0. The molecule has 6 atom stereocenters. The molecule has 0 saturated heterocycles. The van der Waals surface area contributed by atoms with Crippen LogP contribution < -0.4 is 15.2 Å². The van der Waals surface area contributed by atoms with Gasteiger partial charge in [-0.25, -0.2) is 4.98 Å². The lowest BCUT2D eigenvalue weighted by atomic mass is 9.55. The molecular weight excluding hydrogens is 524 g/mol. The van der Waals surface area contributed by atoms with Gasteiger partial charge in [-0.2, -0.15) is 4.98 Å². The maximum atomic E-state index is 13.9. The number of likely N-dealkylation sites (N-methyl/N-ethyl adjacent to an activating group) is 1. The third kappa shape index (κ3) is 3.68. The van der Waals surface area contributed by atoms with Crippen molar-refractivity contribution in [3.05, 3.63) is 40.8 Å². The smallest absolute Gasteiger partial charge is 0.319 e. The van der Waals surface area contributed by atoms with E-state index in [0.29, 0.717) is 16.7 Å². The minimum absolute atomic E-state index is 0.00352. The Kier molecular flexibility index (Phi) is 6.56. The molecule has 2 unspecified atom stereocenters. The number of allylic oxidation sites excluding steroid dienone is 1. The van der Waals surface area contributed by atoms with Crippen LogP contribution in [0.1, 0.15) is 22.3 Å². The van der Waals surface area contributed by atoms with E-state index in [0.717, 1.165) is 0 Å². The SMILES string of the molecule is COc1ncc(-c2ccc(O)c3c2C[C@H]2C[C@H]4[C@H](N(C)C)C(O)C(C(N)=O)C(=O)[C@@]4(O)C(O)=C2C3=O)c(OC)n1. The van der Waals surface area contributed by atoms with Crippen LogP contribution in [0.5, 0.6) is 17.6 Å². The first-order valence-electron chi connectivity index (χ1n) is 12.6. The number of nitrogens with zero attached hydrogens (tertiary/aromatic N) is 3. The average molecular weight is 555 g/mol. The summed E-state index contributed by atoms with van der Waals surface area (Å²) in [7, 11) is 6.02. The number of nitrogens with two attached hydrogens (primary N) is 1. The van der Waals surface area contributed by atoms with E-state index in [1.54, 1.807) is 25.1 Å². The number of methoxy groups -OCH3 is 2. The number of ether oxygens (including phenoxy) is 2. The summed E-state index contributed by atoms with van der Waals surface area (Å²) in [5.74, 6) is -7.79. The number of aromatic nitrogens is 2. The van der Waals surface area contributed by atoms with Crippen molar-refractivity contribution < 1.29 is 44.3 Å². The summed E-state index contributed by atoms with van der Waals surface area (Å²) in [4.78, 5) is 49.4. The van der Waals surface area contributed by atoms with Gasteiger partial charge in [0.15, 0.2) is 17.2 Å². The summed E-state index contributed by atoms with van der Waals surface area (Å²) in [6, 6.07) is 2.01. The Bertz CT molecular complexity index is 1470. The number of ketones is 2. The Balaban J connectivity index is 1.71. The molecule has 1 aromatic carbocycles. The Labute approximate surface area is 228 Å². The van der Waals surface area contributed by atoms with Gasteiger partial charge in [0, 0.05) is 23.7 Å². The van der Waals surface area contributed by atoms with Gasteiger partial charge in [-0.3, -0.25) is 14.4 Å². The first-order chi connectivity index (χ1) is 18.9. The molecule has 0 bridgehead atoms. The molecule has 6 N–H and O–H groups in total. The highest BCUT2D eigenvalue weighted by Crippen LogP contribution is 2.53. The van der Waals surface area contributed by atoms with Crippen molar-refractivity contribution in [2.24, 2.45) is 23.5 Å². The van der Waals surface area contributed by atoms with Crippen molar-refractivity contribution in [3.8, 4) is 28.8 Å². The number of hydrogen-bond donors (Lipinski definition) is 5. The van der Waals surface area contributed by atoms with Gasteiger partial charge in [0.1, 0.15) is 17.4 Å². The highest BCUT2D eigenvalue weighted by atomic mass is 16.5. The first kappa shape index (κ1) is 27.5. The van der Waals surface area contributed by atoms with Crippen molar-refractivity contribution in [2.45, 2.75) is 30.6 Å². The molecule has 3 aliphatic rings. The van der Waals surface area contributed by atoms with Gasteiger partial charge in [0.05, 0.1) is 31.5 Å². The Morgan fingerprint density at radius 3 is 2.45 bits per heavy atom. The van der Waals surface area contributed by atoms with E-state index < -0.39 is 58.7 Å². The second kappa shape index (κ2) is 9.54. The van der Waals surface area contributed by atoms with Crippen LogP contribution in [0.3, 0.4) is 0 Å². The van der Waals surface area contributed by atoms with E-state index in [-0.39, 0.29) is 41.6 Å². The van der Waals surface area contributed by atoms with Crippen LogP contribution in [0.15, 0.2) is 29.7 Å². The first-order valence-corrected chi connectivity index (χ1v) is 12.6. The van der Waals surface area contributed by atoms with Crippen LogP contribution in [0, 0.1) is 17.8 Å². The van der Waals surface area contributed by atoms with Crippen molar-refractivity contribution in [1.29, 1.82) is 0 Å². The molecule has 1 saturated carbocycles. The lowest BCUT2D eigenvalue weighted by Gasteiger charge is -2.53. The fourth-order valence-electron chi connectivity index (χ4n) is 6.65. The number of fused-ring (bicyclic) bond motifs is 3. The molecule has 1 amide bonds. The molecule has 212 valence electrons. The number of hydrogen-bond acceptors (Lipinski definition) is 12. The molecule has 1 heterocycles. The van der Waals surface area contributed by atoms with Crippen molar-refractivity contribution in [2.75, 3.05) is 28.3 Å². The summed E-state index contributed by atoms with van der Waals surface area (Å²) in [6.07, 6.45) is 0.0394. The van der Waals surface area contributed by atoms with Crippen LogP contribution >= 0.6 is 0 Å². The predicted octanol–water partition coefficient (Wildman–Crippen LogP) is -0.240. The molecule has 0 spiro atoms. The summed E-state index contributed by atoms with van der Waals surface area (Å²) in [5, 5.41) is 44.9. The molecule has 3 aliphatic carbocycles. The predicted molar refractivity (Wildman–Crippen MR) is 138 cm³/mol. The minimum Gasteiger partial charge on any atom is -0.508 e. The van der Waals surface area contributed by atoms with E-state index in [2.05, 4.69) is 9.97 Å². The monoisotopic (exact) mass is 554 g/mol. The molecule has 0 aliphatic heterocycles. The molecule has 13 nitrogen and oxygen atoms in total. The third-order valence-electron chi connectivity index (χ3n) is 8.37. The van der Waals surface area contributed by atoms with Gasteiger partial charge in [0.2, 0.25) is 11.8 Å². The zero-order valence-corrected chi connectivity index (χ0v) is 22.3. The quantitative estimate of drug-likeness (QED) is 0.304. The largest absolute Gasteiger partial charge is 0.508 e. The summed E-state index contributed by atoms with van der Waals surface area (Å²) in [5.41, 5.74) is 3.78. The molecule has 5 rings (SSSR count). The molecule has 40 heavy (non-hydrogen) atoms. The fourth-order valence-corrected chi connectivity index (χ4v) is 6.65. The summed E-state index contributed by atoms with van der Waals surface area (Å²) in [6.45, 7) is 0. The van der Waals surface area contributed by atoms with Crippen LogP contribution in [-0.4, -0.2) is 98.8 Å². The highest BCUT2D eigenvalue weighted by molar-refractivity contribution is 6.16. The average Bonchev–Trinajstić information content (AvgIpc) is 2.90. The van der Waals surface area contributed by atoms with Gasteiger partial charge >= 0.3 is 6.01 Å². The van der Waals surface area contributed by atoms with Crippen molar-refractivity contribution in [1.82, 2.24) is 14.9 Å². The van der Waals surface area contributed by atoms with E-state index in [1.807, 2.05) is 0 Å². The number of aliphatic hydroxyl groups excluding tert-OH is 2. The van der Waals surface area contributed by atoms with E-state index >= 15 is 0 Å². The molecular formula is C27H30N4O9. The highest BCUT2D eigenvalue weighted by Gasteiger charge is 2.66. The van der Waals surface area contributed by atoms with E-state index in [9.17, 15) is 34.8 Å². The standard InChI is InChI=1S/C27H30N4O9/c1-31(2)19-14-8-10-7-12-11(13-9-29-26(40-4)30-25(13)39-3)5-6-15(32)17(12)20(33)16(10)22(35)27(14,38)23(36)18(21(19)34)24(28)37/h5-6,9-10,14,18-19,21,32,34-35,38H,7-8H2,1-4H3,(H2,28,37)/t10-,14-,18?,19-,21?,27-/m0/s1. The van der Waals surface area contributed by atoms with Crippen LogP contribution in [0.4, 0.5) is 0 Å². The van der Waals surface area contributed by atoms with Gasteiger partial charge in [-0.05, 0) is 50.0 Å². The van der Waals surface area contributed by atoms with E-state index in [4.69, 9.17) is 15.2 Å². The number of benzene rings is 1. The normalized spacial score (nSPS) is 29.5. The van der Waals surface area contributed by atoms with Gasteiger partial charge in [0.25, 0.3) is 0 Å². The Hall–Kier alpha value is -4.07. The number of primary amides is 1. The zero-order valence-electron chi connectivity index (χ0n) is 22.3. The number of aliphatic hydroxyl groups is 3. The molecule has 1 aromatic heterocycles. The summed E-state index contributed by atoms with van der Waals surface area (Å²) < 4.78 is 10.5. The topological polar surface area (TPSA) is 206 Å². The maximum absolute atomic E-state index is 13.9. The van der Waals surface area contributed by atoms with Crippen molar-refractivity contribution in [3.63, 3.8) is 0 Å². The van der Waals surface area contributed by atoms with Gasteiger partial charge in [-0.15, -0.1) is 0 Å². The number of carbonyl (C=O) groups is 3. The van der Waals surface area contributed by atoms with Crippen LogP contribution in [-0.2, 0) is 16.0 Å². The van der Waals surface area contributed by atoms with Crippen molar-refractivity contribution >= 4 is 17.5 Å². The number of phenolic OH excluding ortho intramolecular Hbond substituents is 1. The lowest BCUT2D eigenvalue weighted by Crippen LogP contribution is -2.71. The minimum atomic E-state index is -2.65.